The number of hydrogen-bond donors (Lipinski definition) is 1. The second kappa shape index (κ2) is 7.84. The Kier molecular flexibility index (Phi) is 6.43. The molecule has 19 heavy (non-hydrogen) atoms. The van der Waals surface area contributed by atoms with Crippen molar-refractivity contribution in [3.8, 4) is 0 Å². The van der Waals surface area contributed by atoms with Gasteiger partial charge in [0.2, 0.25) is 0 Å². The molecular weight excluding hydrogens is 274 g/mol. The Morgan fingerprint density at radius 3 is 2.89 bits per heavy atom. The van der Waals surface area contributed by atoms with Crippen LogP contribution in [0.4, 0.5) is 0 Å². The van der Waals surface area contributed by atoms with Crippen molar-refractivity contribution in [2.24, 2.45) is 0 Å². The van der Waals surface area contributed by atoms with Gasteiger partial charge in [-0.3, -0.25) is 0 Å². The molecule has 0 aromatic carbocycles. The highest BCUT2D eigenvalue weighted by atomic mass is 32.2. The third-order valence-electron chi connectivity index (χ3n) is 3.83. The average Bonchev–Trinajstić information content (AvgIpc) is 2.44. The molecular formula is C15H27NOS2. The van der Waals surface area contributed by atoms with Gasteiger partial charge in [-0.15, -0.1) is 0 Å². The van der Waals surface area contributed by atoms with Crippen LogP contribution in [0.1, 0.15) is 40.0 Å². The van der Waals surface area contributed by atoms with E-state index >= 15 is 0 Å². The fraction of sp³-hybridized carbons (Fsp3) is 0.867. The largest absolute Gasteiger partial charge is 0.497 e. The lowest BCUT2D eigenvalue weighted by Gasteiger charge is -2.37. The average molecular weight is 302 g/mol. The lowest BCUT2D eigenvalue weighted by molar-refractivity contribution is 0.167. The zero-order valence-corrected chi connectivity index (χ0v) is 14.0. The minimum absolute atomic E-state index is 0.410. The SMILES string of the molecule is CCCNC(C1=CCCCO1)C1CSC(C)C(C)S1. The molecule has 0 radical (unpaired) electrons. The van der Waals surface area contributed by atoms with Crippen LogP contribution in [0.5, 0.6) is 0 Å². The van der Waals surface area contributed by atoms with E-state index in [2.05, 4.69) is 55.7 Å². The van der Waals surface area contributed by atoms with Gasteiger partial charge in [-0.05, 0) is 31.9 Å². The first-order valence-corrected chi connectivity index (χ1v) is 9.54. The van der Waals surface area contributed by atoms with Crippen molar-refractivity contribution in [1.29, 1.82) is 0 Å². The predicted octanol–water partition coefficient (Wildman–Crippen LogP) is 3.67. The molecule has 1 fully saturated rings. The van der Waals surface area contributed by atoms with E-state index in [-0.39, 0.29) is 0 Å². The molecule has 0 aliphatic carbocycles. The first-order valence-electron chi connectivity index (χ1n) is 7.55. The number of thioether (sulfide) groups is 2. The van der Waals surface area contributed by atoms with Crippen molar-refractivity contribution < 1.29 is 4.74 Å². The van der Waals surface area contributed by atoms with Crippen LogP contribution in [0.15, 0.2) is 11.8 Å². The number of hydrogen-bond acceptors (Lipinski definition) is 4. The van der Waals surface area contributed by atoms with Crippen LogP contribution < -0.4 is 5.32 Å². The van der Waals surface area contributed by atoms with E-state index in [9.17, 15) is 0 Å². The minimum Gasteiger partial charge on any atom is -0.497 e. The zero-order valence-electron chi connectivity index (χ0n) is 12.4. The number of nitrogens with one attached hydrogen (secondary N) is 1. The maximum absolute atomic E-state index is 5.93. The lowest BCUT2D eigenvalue weighted by atomic mass is 10.1. The fourth-order valence-electron chi connectivity index (χ4n) is 2.49. The normalized spacial score (nSPS) is 33.4. The quantitative estimate of drug-likeness (QED) is 0.836. The van der Waals surface area contributed by atoms with Crippen molar-refractivity contribution >= 4 is 23.5 Å². The summed E-state index contributed by atoms with van der Waals surface area (Å²) >= 11 is 4.26. The van der Waals surface area contributed by atoms with E-state index in [0.717, 1.165) is 23.7 Å². The monoisotopic (exact) mass is 301 g/mol. The summed E-state index contributed by atoms with van der Waals surface area (Å²) in [5.41, 5.74) is 0. The van der Waals surface area contributed by atoms with Gasteiger partial charge in [-0.2, -0.15) is 23.5 Å². The van der Waals surface area contributed by atoms with E-state index in [1.165, 1.54) is 30.8 Å². The van der Waals surface area contributed by atoms with Crippen LogP contribution in [-0.4, -0.2) is 40.7 Å². The van der Waals surface area contributed by atoms with Crippen LogP contribution in [0.3, 0.4) is 0 Å². The van der Waals surface area contributed by atoms with Gasteiger partial charge in [0.15, 0.2) is 0 Å². The Morgan fingerprint density at radius 2 is 2.26 bits per heavy atom. The van der Waals surface area contributed by atoms with Crippen molar-refractivity contribution in [2.75, 3.05) is 18.9 Å². The van der Waals surface area contributed by atoms with Gasteiger partial charge in [0.1, 0.15) is 5.76 Å². The van der Waals surface area contributed by atoms with Gasteiger partial charge < -0.3 is 10.1 Å². The number of allylic oxidation sites excluding steroid dienone is 1. The van der Waals surface area contributed by atoms with Gasteiger partial charge in [0.25, 0.3) is 0 Å². The molecule has 110 valence electrons. The summed E-state index contributed by atoms with van der Waals surface area (Å²) in [7, 11) is 0. The van der Waals surface area contributed by atoms with Crippen LogP contribution in [0, 0.1) is 0 Å². The topological polar surface area (TPSA) is 21.3 Å². The molecule has 1 saturated heterocycles. The summed E-state index contributed by atoms with van der Waals surface area (Å²) in [6, 6.07) is 0.410. The highest BCUT2D eigenvalue weighted by Gasteiger charge is 2.33. The first-order chi connectivity index (χ1) is 9.22. The van der Waals surface area contributed by atoms with E-state index in [4.69, 9.17) is 4.74 Å². The van der Waals surface area contributed by atoms with Crippen molar-refractivity contribution in [3.63, 3.8) is 0 Å². The molecule has 2 nitrogen and oxygen atoms in total. The summed E-state index contributed by atoms with van der Waals surface area (Å²) in [5, 5.41) is 5.87. The summed E-state index contributed by atoms with van der Waals surface area (Å²) < 4.78 is 5.93. The Hall–Kier alpha value is 0.200. The summed E-state index contributed by atoms with van der Waals surface area (Å²) in [6.07, 6.45) is 5.84. The summed E-state index contributed by atoms with van der Waals surface area (Å²) in [6.45, 7) is 8.92. The van der Waals surface area contributed by atoms with Crippen LogP contribution in [-0.2, 0) is 4.74 Å². The first kappa shape index (κ1) is 15.6. The fourth-order valence-corrected chi connectivity index (χ4v) is 5.59. The Labute approximate surface area is 126 Å². The Morgan fingerprint density at radius 1 is 1.42 bits per heavy atom. The Balaban J connectivity index is 2.02. The van der Waals surface area contributed by atoms with E-state index in [0.29, 0.717) is 11.3 Å². The van der Waals surface area contributed by atoms with E-state index in [1.54, 1.807) is 0 Å². The third-order valence-corrected chi connectivity index (χ3v) is 7.32. The van der Waals surface area contributed by atoms with E-state index in [1.807, 2.05) is 0 Å². The van der Waals surface area contributed by atoms with Gasteiger partial charge in [-0.1, -0.05) is 20.8 Å². The predicted molar refractivity (Wildman–Crippen MR) is 88.1 cm³/mol. The molecule has 2 aliphatic heterocycles. The highest BCUT2D eigenvalue weighted by molar-refractivity contribution is 8.07. The van der Waals surface area contributed by atoms with Crippen LogP contribution in [0.25, 0.3) is 0 Å². The van der Waals surface area contributed by atoms with Gasteiger partial charge in [0, 0.05) is 21.5 Å². The Bertz CT molecular complexity index is 309. The maximum atomic E-state index is 5.93. The van der Waals surface area contributed by atoms with Crippen LogP contribution in [0.2, 0.25) is 0 Å². The molecule has 2 heterocycles. The zero-order chi connectivity index (χ0) is 13.7. The second-order valence-corrected chi connectivity index (χ2v) is 8.48. The molecule has 0 spiro atoms. The molecule has 4 heteroatoms. The highest BCUT2D eigenvalue weighted by Crippen LogP contribution is 2.38. The van der Waals surface area contributed by atoms with Gasteiger partial charge >= 0.3 is 0 Å². The minimum atomic E-state index is 0.410. The molecule has 4 atom stereocenters. The maximum Gasteiger partial charge on any atom is 0.110 e. The molecule has 0 aromatic heterocycles. The van der Waals surface area contributed by atoms with Crippen molar-refractivity contribution in [3.05, 3.63) is 11.8 Å². The van der Waals surface area contributed by atoms with Crippen LogP contribution >= 0.6 is 23.5 Å². The third kappa shape index (κ3) is 4.33. The summed E-state index contributed by atoms with van der Waals surface area (Å²) in [4.78, 5) is 0. The van der Waals surface area contributed by atoms with E-state index < -0.39 is 0 Å². The molecule has 2 aliphatic rings. The molecule has 2 rings (SSSR count). The molecule has 4 unspecified atom stereocenters. The van der Waals surface area contributed by atoms with Crippen molar-refractivity contribution in [2.45, 2.75) is 61.8 Å². The standard InChI is InChI=1S/C15H27NOS2/c1-4-8-16-15(13-7-5-6-9-17-13)14-10-18-11(2)12(3)19-14/h7,11-12,14-16H,4-6,8-10H2,1-3H3. The number of ether oxygens (including phenoxy) is 1. The van der Waals surface area contributed by atoms with Crippen molar-refractivity contribution in [1.82, 2.24) is 5.32 Å². The summed E-state index contributed by atoms with van der Waals surface area (Å²) in [5.74, 6) is 2.44. The molecule has 0 bridgehead atoms. The smallest absolute Gasteiger partial charge is 0.110 e. The molecule has 0 saturated carbocycles. The van der Waals surface area contributed by atoms with Gasteiger partial charge in [0.05, 0.1) is 12.6 Å². The second-order valence-electron chi connectivity index (χ2n) is 5.45. The molecule has 1 N–H and O–H groups in total. The molecule has 0 aromatic rings. The number of rotatable bonds is 5. The van der Waals surface area contributed by atoms with Gasteiger partial charge in [-0.25, -0.2) is 0 Å². The molecule has 0 amide bonds. The lowest BCUT2D eigenvalue weighted by Crippen LogP contribution is -2.45.